The topological polar surface area (TPSA) is 29.1 Å². The number of nitrogens with one attached hydrogen (secondary N) is 1. The first-order valence-corrected chi connectivity index (χ1v) is 6.61. The van der Waals surface area contributed by atoms with Gasteiger partial charge in [-0.15, -0.1) is 0 Å². The Hall–Kier alpha value is -2.16. The number of carbonyl (C=O) groups excluding carboxylic acids is 1. The molecule has 0 aliphatic rings. The van der Waals surface area contributed by atoms with E-state index in [9.17, 15) is 9.18 Å². The molecule has 1 N–H and O–H groups in total. The van der Waals surface area contributed by atoms with Crippen LogP contribution in [0.2, 0.25) is 0 Å². The zero-order valence-corrected chi connectivity index (χ0v) is 11.9. The molecule has 2 nitrogen and oxygen atoms in total. The Labute approximate surface area is 118 Å². The second-order valence-corrected chi connectivity index (χ2v) is 5.05. The Morgan fingerprint density at radius 1 is 1.05 bits per heavy atom. The van der Waals surface area contributed by atoms with Crippen molar-refractivity contribution in [2.75, 3.05) is 0 Å². The molecule has 0 fully saturated rings. The van der Waals surface area contributed by atoms with Gasteiger partial charge in [-0.3, -0.25) is 4.79 Å². The Morgan fingerprint density at radius 2 is 1.70 bits per heavy atom. The number of aryl methyl sites for hydroxylation is 2. The summed E-state index contributed by atoms with van der Waals surface area (Å²) in [6, 6.07) is 11.6. The summed E-state index contributed by atoms with van der Waals surface area (Å²) in [5.41, 5.74) is 3.77. The van der Waals surface area contributed by atoms with Crippen molar-refractivity contribution < 1.29 is 9.18 Å². The predicted octanol–water partition coefficient (Wildman–Crippen LogP) is 3.93. The SMILES string of the molecule is Cc1ccc(C(=O)N[C@@H](C)c2ccc(F)cc2)cc1C. The van der Waals surface area contributed by atoms with Crippen LogP contribution >= 0.6 is 0 Å². The van der Waals surface area contributed by atoms with Crippen LogP contribution in [0.15, 0.2) is 42.5 Å². The van der Waals surface area contributed by atoms with Crippen LogP contribution in [0, 0.1) is 19.7 Å². The van der Waals surface area contributed by atoms with Crippen molar-refractivity contribution in [3.05, 3.63) is 70.5 Å². The zero-order valence-electron chi connectivity index (χ0n) is 11.9. The smallest absolute Gasteiger partial charge is 0.251 e. The molecule has 0 bridgehead atoms. The van der Waals surface area contributed by atoms with Gasteiger partial charge in [-0.1, -0.05) is 18.2 Å². The molecule has 0 aliphatic carbocycles. The van der Waals surface area contributed by atoms with E-state index in [1.54, 1.807) is 12.1 Å². The van der Waals surface area contributed by atoms with Crippen molar-refractivity contribution in [2.45, 2.75) is 26.8 Å². The third-order valence-electron chi connectivity index (χ3n) is 3.49. The number of hydrogen-bond acceptors (Lipinski definition) is 1. The van der Waals surface area contributed by atoms with Gasteiger partial charge in [-0.25, -0.2) is 4.39 Å². The molecule has 1 atom stereocenters. The standard InChI is InChI=1S/C17H18FNO/c1-11-4-5-15(10-12(11)2)17(20)19-13(3)14-6-8-16(18)9-7-14/h4-10,13H,1-3H3,(H,19,20)/t13-/m0/s1. The molecule has 0 saturated heterocycles. The maximum atomic E-state index is 12.9. The molecular weight excluding hydrogens is 253 g/mol. The second-order valence-electron chi connectivity index (χ2n) is 5.05. The van der Waals surface area contributed by atoms with Crippen molar-refractivity contribution in [1.29, 1.82) is 0 Å². The van der Waals surface area contributed by atoms with Gasteiger partial charge in [-0.2, -0.15) is 0 Å². The summed E-state index contributed by atoms with van der Waals surface area (Å²) in [6.45, 7) is 5.87. The average molecular weight is 271 g/mol. The minimum atomic E-state index is -0.276. The number of halogens is 1. The van der Waals surface area contributed by atoms with Crippen LogP contribution in [0.1, 0.15) is 40.0 Å². The number of hydrogen-bond donors (Lipinski definition) is 1. The molecule has 104 valence electrons. The lowest BCUT2D eigenvalue weighted by atomic mass is 10.0. The highest BCUT2D eigenvalue weighted by Crippen LogP contribution is 2.15. The highest BCUT2D eigenvalue weighted by Gasteiger charge is 2.12. The normalized spacial score (nSPS) is 12.0. The van der Waals surface area contributed by atoms with Gasteiger partial charge < -0.3 is 5.32 Å². The number of benzene rings is 2. The molecule has 0 radical (unpaired) electrons. The Bertz CT molecular complexity index is 619. The molecular formula is C17H18FNO. The van der Waals surface area contributed by atoms with Gasteiger partial charge in [0.1, 0.15) is 5.82 Å². The van der Waals surface area contributed by atoms with Gasteiger partial charge in [0.25, 0.3) is 5.91 Å². The molecule has 3 heteroatoms. The van der Waals surface area contributed by atoms with Crippen molar-refractivity contribution in [3.8, 4) is 0 Å². The number of rotatable bonds is 3. The Morgan fingerprint density at radius 3 is 2.30 bits per heavy atom. The van der Waals surface area contributed by atoms with Crippen molar-refractivity contribution in [2.24, 2.45) is 0 Å². The van der Waals surface area contributed by atoms with Crippen LogP contribution in [0.5, 0.6) is 0 Å². The van der Waals surface area contributed by atoms with E-state index >= 15 is 0 Å². The molecule has 2 aromatic carbocycles. The Balaban J connectivity index is 2.10. The van der Waals surface area contributed by atoms with E-state index in [-0.39, 0.29) is 17.8 Å². The van der Waals surface area contributed by atoms with Crippen LogP contribution in [0.4, 0.5) is 4.39 Å². The van der Waals surface area contributed by atoms with E-state index < -0.39 is 0 Å². The van der Waals surface area contributed by atoms with Gasteiger partial charge in [0.05, 0.1) is 6.04 Å². The summed E-state index contributed by atoms with van der Waals surface area (Å²) in [5.74, 6) is -0.397. The van der Waals surface area contributed by atoms with Crippen LogP contribution in [0.3, 0.4) is 0 Å². The van der Waals surface area contributed by atoms with E-state index in [1.165, 1.54) is 12.1 Å². The van der Waals surface area contributed by atoms with Gasteiger partial charge in [-0.05, 0) is 61.7 Å². The summed E-state index contributed by atoms with van der Waals surface area (Å²) in [4.78, 5) is 12.2. The van der Waals surface area contributed by atoms with Crippen LogP contribution in [0.25, 0.3) is 0 Å². The van der Waals surface area contributed by atoms with Gasteiger partial charge in [0.2, 0.25) is 0 Å². The van der Waals surface area contributed by atoms with Gasteiger partial charge in [0.15, 0.2) is 0 Å². The molecule has 2 rings (SSSR count). The maximum Gasteiger partial charge on any atom is 0.251 e. The van der Waals surface area contributed by atoms with E-state index in [0.29, 0.717) is 5.56 Å². The zero-order chi connectivity index (χ0) is 14.7. The highest BCUT2D eigenvalue weighted by atomic mass is 19.1. The first kappa shape index (κ1) is 14.3. The summed E-state index contributed by atoms with van der Waals surface area (Å²) < 4.78 is 12.9. The summed E-state index contributed by atoms with van der Waals surface area (Å²) in [5, 5.41) is 2.92. The molecule has 0 saturated carbocycles. The van der Waals surface area contributed by atoms with E-state index in [2.05, 4.69) is 5.32 Å². The molecule has 0 aliphatic heterocycles. The van der Waals surface area contributed by atoms with Crippen molar-refractivity contribution in [3.63, 3.8) is 0 Å². The lowest BCUT2D eigenvalue weighted by Crippen LogP contribution is -2.26. The largest absolute Gasteiger partial charge is 0.346 e. The average Bonchev–Trinajstić information content (AvgIpc) is 2.42. The lowest BCUT2D eigenvalue weighted by Gasteiger charge is -2.15. The minimum absolute atomic E-state index is 0.120. The Kier molecular flexibility index (Phi) is 4.18. The van der Waals surface area contributed by atoms with Crippen LogP contribution < -0.4 is 5.32 Å². The fourth-order valence-electron chi connectivity index (χ4n) is 2.00. The van der Waals surface area contributed by atoms with Crippen LogP contribution in [-0.2, 0) is 0 Å². The number of carbonyl (C=O) groups is 1. The highest BCUT2D eigenvalue weighted by molar-refractivity contribution is 5.94. The van der Waals surface area contributed by atoms with E-state index in [1.807, 2.05) is 39.0 Å². The molecule has 2 aromatic rings. The van der Waals surface area contributed by atoms with Gasteiger partial charge in [0, 0.05) is 5.56 Å². The lowest BCUT2D eigenvalue weighted by molar-refractivity contribution is 0.0940. The van der Waals surface area contributed by atoms with Crippen LogP contribution in [-0.4, -0.2) is 5.91 Å². The summed E-state index contributed by atoms with van der Waals surface area (Å²) in [7, 11) is 0. The van der Waals surface area contributed by atoms with E-state index in [4.69, 9.17) is 0 Å². The molecule has 1 amide bonds. The third-order valence-corrected chi connectivity index (χ3v) is 3.49. The fourth-order valence-corrected chi connectivity index (χ4v) is 2.00. The predicted molar refractivity (Wildman–Crippen MR) is 78.2 cm³/mol. The molecule has 0 heterocycles. The first-order chi connectivity index (χ1) is 9.47. The second kappa shape index (κ2) is 5.87. The molecule has 0 unspecified atom stereocenters. The molecule has 0 aromatic heterocycles. The monoisotopic (exact) mass is 271 g/mol. The van der Waals surface area contributed by atoms with Crippen molar-refractivity contribution >= 4 is 5.91 Å². The molecule has 20 heavy (non-hydrogen) atoms. The quantitative estimate of drug-likeness (QED) is 0.900. The maximum absolute atomic E-state index is 12.9. The third kappa shape index (κ3) is 3.23. The number of amides is 1. The van der Waals surface area contributed by atoms with E-state index in [0.717, 1.165) is 16.7 Å². The van der Waals surface area contributed by atoms with Gasteiger partial charge >= 0.3 is 0 Å². The minimum Gasteiger partial charge on any atom is -0.346 e. The fraction of sp³-hybridized carbons (Fsp3) is 0.235. The molecule has 0 spiro atoms. The summed E-state index contributed by atoms with van der Waals surface area (Å²) >= 11 is 0. The summed E-state index contributed by atoms with van der Waals surface area (Å²) in [6.07, 6.45) is 0. The first-order valence-electron chi connectivity index (χ1n) is 6.61. The van der Waals surface area contributed by atoms with Crippen molar-refractivity contribution in [1.82, 2.24) is 5.32 Å².